The van der Waals surface area contributed by atoms with Crippen molar-refractivity contribution < 1.29 is 14.6 Å². The number of hydrogen-bond donors (Lipinski definition) is 1. The SMILES string of the molecule is COc1ccc(C(C)C)cc1CN(C)CCC(=O)O. The van der Waals surface area contributed by atoms with Gasteiger partial charge in [-0.3, -0.25) is 4.79 Å². The Morgan fingerprint density at radius 2 is 2.11 bits per heavy atom. The molecule has 0 spiro atoms. The van der Waals surface area contributed by atoms with E-state index in [4.69, 9.17) is 9.84 Å². The molecular formula is C15H23NO3. The molecule has 4 heteroatoms. The summed E-state index contributed by atoms with van der Waals surface area (Å²) < 4.78 is 5.36. The van der Waals surface area contributed by atoms with Crippen molar-refractivity contribution in [3.63, 3.8) is 0 Å². The van der Waals surface area contributed by atoms with Crippen molar-refractivity contribution in [1.29, 1.82) is 0 Å². The second-order valence-corrected chi connectivity index (χ2v) is 5.11. The summed E-state index contributed by atoms with van der Waals surface area (Å²) in [6, 6.07) is 6.20. The van der Waals surface area contributed by atoms with E-state index >= 15 is 0 Å². The van der Waals surface area contributed by atoms with Crippen LogP contribution >= 0.6 is 0 Å². The van der Waals surface area contributed by atoms with Crippen molar-refractivity contribution in [2.24, 2.45) is 0 Å². The molecule has 4 nitrogen and oxygen atoms in total. The van der Waals surface area contributed by atoms with E-state index in [1.54, 1.807) is 7.11 Å². The highest BCUT2D eigenvalue weighted by molar-refractivity contribution is 5.66. The number of ether oxygens (including phenoxy) is 1. The number of nitrogens with zero attached hydrogens (tertiary/aromatic N) is 1. The first-order chi connectivity index (χ1) is 8.93. The zero-order chi connectivity index (χ0) is 14.4. The van der Waals surface area contributed by atoms with Crippen LogP contribution in [0.5, 0.6) is 5.75 Å². The fourth-order valence-corrected chi connectivity index (χ4v) is 1.94. The summed E-state index contributed by atoms with van der Waals surface area (Å²) in [7, 11) is 3.58. The van der Waals surface area contributed by atoms with Crippen molar-refractivity contribution in [2.75, 3.05) is 20.7 Å². The standard InChI is InChI=1S/C15H23NO3/c1-11(2)12-5-6-14(19-4)13(9-12)10-16(3)8-7-15(17)18/h5-6,9,11H,7-8,10H2,1-4H3,(H,17,18). The third-order valence-corrected chi connectivity index (χ3v) is 3.12. The quantitative estimate of drug-likeness (QED) is 0.823. The molecule has 0 bridgehead atoms. The molecule has 0 aliphatic heterocycles. The van der Waals surface area contributed by atoms with Crippen LogP contribution < -0.4 is 4.74 Å². The maximum absolute atomic E-state index is 10.6. The molecule has 106 valence electrons. The highest BCUT2D eigenvalue weighted by atomic mass is 16.5. The maximum Gasteiger partial charge on any atom is 0.304 e. The number of carboxylic acid groups (broad SMARTS) is 1. The van der Waals surface area contributed by atoms with E-state index < -0.39 is 5.97 Å². The van der Waals surface area contributed by atoms with Crippen molar-refractivity contribution in [3.8, 4) is 5.75 Å². The van der Waals surface area contributed by atoms with E-state index in [-0.39, 0.29) is 6.42 Å². The maximum atomic E-state index is 10.6. The molecule has 0 atom stereocenters. The first kappa shape index (κ1) is 15.5. The third kappa shape index (κ3) is 4.91. The van der Waals surface area contributed by atoms with Crippen molar-refractivity contribution in [3.05, 3.63) is 29.3 Å². The van der Waals surface area contributed by atoms with Crippen molar-refractivity contribution in [1.82, 2.24) is 4.90 Å². The van der Waals surface area contributed by atoms with E-state index in [0.717, 1.165) is 11.3 Å². The first-order valence-corrected chi connectivity index (χ1v) is 6.51. The summed E-state index contributed by atoms with van der Waals surface area (Å²) in [5, 5.41) is 8.69. The number of carboxylic acids is 1. The van der Waals surface area contributed by atoms with Gasteiger partial charge in [-0.25, -0.2) is 0 Å². The Kier molecular flexibility index (Phi) is 5.83. The summed E-state index contributed by atoms with van der Waals surface area (Å²) in [4.78, 5) is 12.6. The van der Waals surface area contributed by atoms with Crippen molar-refractivity contribution >= 4 is 5.97 Å². The fraction of sp³-hybridized carbons (Fsp3) is 0.533. The van der Waals surface area contributed by atoms with Gasteiger partial charge in [0.1, 0.15) is 5.75 Å². The molecule has 0 unspecified atom stereocenters. The smallest absolute Gasteiger partial charge is 0.304 e. The van der Waals surface area contributed by atoms with Crippen LogP contribution in [0.4, 0.5) is 0 Å². The molecule has 0 aliphatic rings. The Labute approximate surface area is 115 Å². The minimum atomic E-state index is -0.769. The second kappa shape index (κ2) is 7.14. The average molecular weight is 265 g/mol. The van der Waals surface area contributed by atoms with Gasteiger partial charge in [-0.15, -0.1) is 0 Å². The number of carbonyl (C=O) groups is 1. The van der Waals surface area contributed by atoms with Crippen LogP contribution in [-0.4, -0.2) is 36.7 Å². The van der Waals surface area contributed by atoms with Gasteiger partial charge in [0, 0.05) is 18.7 Å². The molecular weight excluding hydrogens is 242 g/mol. The van der Waals surface area contributed by atoms with Gasteiger partial charge in [0.05, 0.1) is 13.5 Å². The molecule has 0 heterocycles. The summed E-state index contributed by atoms with van der Waals surface area (Å²) in [5.41, 5.74) is 2.36. The molecule has 1 N–H and O–H groups in total. The van der Waals surface area contributed by atoms with Gasteiger partial charge in [0.2, 0.25) is 0 Å². The Balaban J connectivity index is 2.79. The van der Waals surface area contributed by atoms with E-state index in [9.17, 15) is 4.79 Å². The van der Waals surface area contributed by atoms with Crippen LogP contribution in [0, 0.1) is 0 Å². The molecule has 0 saturated heterocycles. The Morgan fingerprint density at radius 3 is 2.63 bits per heavy atom. The van der Waals surface area contributed by atoms with Crippen LogP contribution in [0.3, 0.4) is 0 Å². The molecule has 0 aromatic heterocycles. The largest absolute Gasteiger partial charge is 0.496 e. The zero-order valence-corrected chi connectivity index (χ0v) is 12.1. The number of benzene rings is 1. The summed E-state index contributed by atoms with van der Waals surface area (Å²) in [5.74, 6) is 0.551. The van der Waals surface area contributed by atoms with Crippen LogP contribution in [0.25, 0.3) is 0 Å². The van der Waals surface area contributed by atoms with Gasteiger partial charge in [-0.2, -0.15) is 0 Å². The van der Waals surface area contributed by atoms with Gasteiger partial charge in [0.25, 0.3) is 0 Å². The molecule has 19 heavy (non-hydrogen) atoms. The summed E-state index contributed by atoms with van der Waals surface area (Å²) in [6.07, 6.45) is 0.155. The third-order valence-electron chi connectivity index (χ3n) is 3.12. The Morgan fingerprint density at radius 1 is 1.42 bits per heavy atom. The zero-order valence-electron chi connectivity index (χ0n) is 12.1. The van der Waals surface area contributed by atoms with Crippen LogP contribution in [0.15, 0.2) is 18.2 Å². The molecule has 0 aliphatic carbocycles. The molecule has 0 amide bonds. The summed E-state index contributed by atoms with van der Waals surface area (Å²) in [6.45, 7) is 5.53. The van der Waals surface area contributed by atoms with Gasteiger partial charge >= 0.3 is 5.97 Å². The number of aliphatic carboxylic acids is 1. The lowest BCUT2D eigenvalue weighted by atomic mass is 10.00. The van der Waals surface area contributed by atoms with Crippen LogP contribution in [0.1, 0.15) is 37.3 Å². The topological polar surface area (TPSA) is 49.8 Å². The lowest BCUT2D eigenvalue weighted by Gasteiger charge is -2.19. The number of methoxy groups -OCH3 is 1. The normalized spacial score (nSPS) is 11.1. The van der Waals surface area contributed by atoms with Crippen LogP contribution in [-0.2, 0) is 11.3 Å². The van der Waals surface area contributed by atoms with E-state index in [1.165, 1.54) is 5.56 Å². The average Bonchev–Trinajstić information content (AvgIpc) is 2.36. The predicted octanol–water partition coefficient (Wildman–Crippen LogP) is 2.73. The molecule has 0 saturated carbocycles. The highest BCUT2D eigenvalue weighted by Crippen LogP contribution is 2.25. The lowest BCUT2D eigenvalue weighted by Crippen LogP contribution is -2.21. The molecule has 1 aromatic carbocycles. The molecule has 1 rings (SSSR count). The fourth-order valence-electron chi connectivity index (χ4n) is 1.94. The molecule has 0 fully saturated rings. The van der Waals surface area contributed by atoms with E-state index in [1.807, 2.05) is 18.0 Å². The number of hydrogen-bond acceptors (Lipinski definition) is 3. The Hall–Kier alpha value is -1.55. The highest BCUT2D eigenvalue weighted by Gasteiger charge is 2.10. The van der Waals surface area contributed by atoms with E-state index in [0.29, 0.717) is 19.0 Å². The predicted molar refractivity (Wildman–Crippen MR) is 75.7 cm³/mol. The monoisotopic (exact) mass is 265 g/mol. The minimum absolute atomic E-state index is 0.155. The molecule has 1 aromatic rings. The molecule has 0 radical (unpaired) electrons. The summed E-state index contributed by atoms with van der Waals surface area (Å²) >= 11 is 0. The minimum Gasteiger partial charge on any atom is -0.496 e. The first-order valence-electron chi connectivity index (χ1n) is 6.51. The Bertz CT molecular complexity index is 429. The lowest BCUT2D eigenvalue weighted by molar-refractivity contribution is -0.137. The second-order valence-electron chi connectivity index (χ2n) is 5.11. The van der Waals surface area contributed by atoms with Gasteiger partial charge in [-0.1, -0.05) is 26.0 Å². The van der Waals surface area contributed by atoms with Gasteiger partial charge in [-0.05, 0) is 24.6 Å². The van der Waals surface area contributed by atoms with Crippen LogP contribution in [0.2, 0.25) is 0 Å². The number of rotatable bonds is 7. The van der Waals surface area contributed by atoms with Gasteiger partial charge < -0.3 is 14.7 Å². The van der Waals surface area contributed by atoms with Crippen molar-refractivity contribution in [2.45, 2.75) is 32.7 Å². The van der Waals surface area contributed by atoms with Gasteiger partial charge in [0.15, 0.2) is 0 Å². The van der Waals surface area contributed by atoms with E-state index in [2.05, 4.69) is 26.0 Å².